The number of ether oxygens (including phenoxy) is 2. The lowest BCUT2D eigenvalue weighted by Crippen LogP contribution is -2.59. The molecular formula is C31H46N4O6S. The normalized spacial score (nSPS) is 32.0. The molecule has 0 aromatic heterocycles. The van der Waals surface area contributed by atoms with Crippen molar-refractivity contribution >= 4 is 35.2 Å². The van der Waals surface area contributed by atoms with E-state index in [1.807, 2.05) is 32.9 Å². The van der Waals surface area contributed by atoms with Gasteiger partial charge in [0.05, 0.1) is 49.1 Å². The molecule has 10 nitrogen and oxygen atoms in total. The van der Waals surface area contributed by atoms with Gasteiger partial charge in [-0.05, 0) is 49.4 Å². The Kier molecular flexibility index (Phi) is 9.71. The van der Waals surface area contributed by atoms with Crippen LogP contribution in [0.2, 0.25) is 0 Å². The average Bonchev–Trinajstić information content (AvgIpc) is 3.59. The zero-order valence-electron chi connectivity index (χ0n) is 25.2. The number of amides is 3. The first-order chi connectivity index (χ1) is 20.3. The maximum Gasteiger partial charge on any atom is 0.244 e. The Morgan fingerprint density at radius 1 is 1.19 bits per heavy atom. The van der Waals surface area contributed by atoms with Crippen LogP contribution in [0.1, 0.15) is 40.5 Å². The molecule has 0 radical (unpaired) electrons. The molecule has 0 aliphatic carbocycles. The fourth-order valence-electron chi connectivity index (χ4n) is 7.52. The van der Waals surface area contributed by atoms with Crippen LogP contribution in [0.3, 0.4) is 0 Å². The molecule has 8 atom stereocenters. The van der Waals surface area contributed by atoms with E-state index in [1.165, 1.54) is 0 Å². The van der Waals surface area contributed by atoms with Gasteiger partial charge >= 0.3 is 0 Å². The molecule has 4 heterocycles. The highest BCUT2D eigenvalue weighted by molar-refractivity contribution is 8.02. The first-order valence-electron chi connectivity index (χ1n) is 15.5. The maximum atomic E-state index is 14.5. The quantitative estimate of drug-likeness (QED) is 0.333. The topological polar surface area (TPSA) is 120 Å². The summed E-state index contributed by atoms with van der Waals surface area (Å²) >= 11 is 1.65. The van der Waals surface area contributed by atoms with Crippen molar-refractivity contribution in [2.24, 2.45) is 23.7 Å². The van der Waals surface area contributed by atoms with Gasteiger partial charge in [0.15, 0.2) is 0 Å². The lowest BCUT2D eigenvalue weighted by molar-refractivity contribution is -0.143. The third-order valence-corrected chi connectivity index (χ3v) is 11.9. The van der Waals surface area contributed by atoms with Crippen LogP contribution in [-0.2, 0) is 19.1 Å². The molecule has 2 bridgehead atoms. The van der Waals surface area contributed by atoms with Gasteiger partial charge in [0.1, 0.15) is 11.8 Å². The van der Waals surface area contributed by atoms with Crippen molar-refractivity contribution in [1.29, 1.82) is 0 Å². The zero-order valence-corrected chi connectivity index (χ0v) is 26.0. The lowest BCUT2D eigenvalue weighted by atomic mass is 9.66. The number of hydrogen-bond donors (Lipinski definition) is 3. The van der Waals surface area contributed by atoms with E-state index in [4.69, 9.17) is 9.47 Å². The fourth-order valence-corrected chi connectivity index (χ4v) is 9.92. The van der Waals surface area contributed by atoms with Crippen molar-refractivity contribution in [2.75, 3.05) is 57.9 Å². The third kappa shape index (κ3) is 5.53. The number of carbonyl (C=O) groups is 3. The molecule has 3 unspecified atom stereocenters. The number of rotatable bonds is 12. The fraction of sp³-hybridized carbons (Fsp3) is 0.710. The van der Waals surface area contributed by atoms with Gasteiger partial charge in [-0.15, -0.1) is 11.8 Å². The molecule has 3 N–H and O–H groups in total. The van der Waals surface area contributed by atoms with E-state index in [0.29, 0.717) is 38.6 Å². The highest BCUT2D eigenvalue weighted by Crippen LogP contribution is 2.69. The second kappa shape index (κ2) is 13.1. The van der Waals surface area contributed by atoms with Crippen LogP contribution in [0, 0.1) is 23.7 Å². The van der Waals surface area contributed by atoms with Gasteiger partial charge in [-0.25, -0.2) is 0 Å². The second-order valence-electron chi connectivity index (χ2n) is 12.1. The minimum atomic E-state index is -0.751. The molecule has 232 valence electrons. The number of thioether (sulfide) groups is 1. The van der Waals surface area contributed by atoms with Crippen molar-refractivity contribution in [1.82, 2.24) is 15.1 Å². The Bertz CT molecular complexity index is 1130. The summed E-state index contributed by atoms with van der Waals surface area (Å²) in [5, 5.41) is 16.7. The number of carbonyl (C=O) groups excluding carboxylic acids is 3. The SMILES string of the molecule is CCOc1ccc(NC(=O)[C@@H]2[C@@H]3CC(C)C4(S3)C(C(=O)NCCN3CCOCC3)N([C@@H](CO)[C@@H](C)CC)C(=O)[C@H]24)cc1. The molecule has 4 aliphatic heterocycles. The van der Waals surface area contributed by atoms with E-state index in [1.54, 1.807) is 28.8 Å². The number of anilines is 1. The predicted molar refractivity (Wildman–Crippen MR) is 162 cm³/mol. The van der Waals surface area contributed by atoms with Crippen molar-refractivity contribution in [3.05, 3.63) is 24.3 Å². The predicted octanol–water partition coefficient (Wildman–Crippen LogP) is 2.22. The number of likely N-dealkylation sites (tertiary alicyclic amines) is 1. The van der Waals surface area contributed by atoms with Gasteiger partial charge in [0, 0.05) is 37.1 Å². The summed E-state index contributed by atoms with van der Waals surface area (Å²) in [6.45, 7) is 12.6. The first-order valence-corrected chi connectivity index (χ1v) is 16.4. The van der Waals surface area contributed by atoms with Crippen LogP contribution in [0.15, 0.2) is 24.3 Å². The molecule has 1 spiro atoms. The number of fused-ring (bicyclic) bond motifs is 1. The summed E-state index contributed by atoms with van der Waals surface area (Å²) in [5.41, 5.74) is 0.644. The molecular weight excluding hydrogens is 556 g/mol. The highest BCUT2D eigenvalue weighted by Gasteiger charge is 2.76. The molecule has 11 heteroatoms. The molecule has 42 heavy (non-hydrogen) atoms. The van der Waals surface area contributed by atoms with Crippen LogP contribution in [0.25, 0.3) is 0 Å². The molecule has 5 rings (SSSR count). The number of benzene rings is 1. The van der Waals surface area contributed by atoms with E-state index < -0.39 is 28.7 Å². The van der Waals surface area contributed by atoms with E-state index in [0.717, 1.165) is 31.7 Å². The lowest BCUT2D eigenvalue weighted by Gasteiger charge is -2.41. The van der Waals surface area contributed by atoms with Gasteiger partial charge in [-0.2, -0.15) is 0 Å². The monoisotopic (exact) mass is 602 g/mol. The first kappa shape index (κ1) is 31.1. The Morgan fingerprint density at radius 2 is 1.90 bits per heavy atom. The Morgan fingerprint density at radius 3 is 2.55 bits per heavy atom. The summed E-state index contributed by atoms with van der Waals surface area (Å²) in [6.07, 6.45) is 1.51. The molecule has 3 amide bonds. The van der Waals surface area contributed by atoms with E-state index >= 15 is 0 Å². The third-order valence-electron chi connectivity index (χ3n) is 9.84. The summed E-state index contributed by atoms with van der Waals surface area (Å²) in [4.78, 5) is 46.4. The number of nitrogens with one attached hydrogen (secondary N) is 2. The molecule has 0 saturated carbocycles. The standard InChI is InChI=1S/C31H46N4O6S/c1-5-19(3)23(18-36)35-27(29(38)32-11-12-34-13-15-40-16-14-34)31-20(4)17-24(42-31)25(26(31)30(35)39)28(37)33-21-7-9-22(10-8-21)41-6-2/h7-10,19-20,23-27,36H,5-6,11-18H2,1-4H3,(H,32,38)(H,33,37)/t19-,20?,23-,24-,25+,26-,27?,31?/m0/s1. The minimum absolute atomic E-state index is 0.00790. The van der Waals surface area contributed by atoms with Crippen LogP contribution in [-0.4, -0.2) is 107 Å². The van der Waals surface area contributed by atoms with Crippen LogP contribution >= 0.6 is 11.8 Å². The maximum absolute atomic E-state index is 14.5. The smallest absolute Gasteiger partial charge is 0.244 e. The van der Waals surface area contributed by atoms with Crippen LogP contribution in [0.5, 0.6) is 5.75 Å². The van der Waals surface area contributed by atoms with Crippen LogP contribution < -0.4 is 15.4 Å². The number of nitrogens with zero attached hydrogens (tertiary/aromatic N) is 2. The van der Waals surface area contributed by atoms with E-state index in [9.17, 15) is 19.5 Å². The van der Waals surface area contributed by atoms with Crippen molar-refractivity contribution in [3.63, 3.8) is 0 Å². The van der Waals surface area contributed by atoms with E-state index in [2.05, 4.69) is 22.5 Å². The largest absolute Gasteiger partial charge is 0.494 e. The molecule has 1 aromatic rings. The Hall–Kier alpha value is -2.34. The van der Waals surface area contributed by atoms with Gasteiger partial charge in [-0.3, -0.25) is 19.3 Å². The van der Waals surface area contributed by atoms with Crippen molar-refractivity contribution < 1.29 is 29.0 Å². The van der Waals surface area contributed by atoms with Gasteiger partial charge < -0.3 is 30.1 Å². The minimum Gasteiger partial charge on any atom is -0.494 e. The average molecular weight is 603 g/mol. The zero-order chi connectivity index (χ0) is 30.0. The summed E-state index contributed by atoms with van der Waals surface area (Å²) in [5.74, 6) is -0.977. The van der Waals surface area contributed by atoms with Gasteiger partial charge in [0.2, 0.25) is 17.7 Å². The summed E-state index contributed by atoms with van der Waals surface area (Å²) < 4.78 is 10.2. The van der Waals surface area contributed by atoms with Gasteiger partial charge in [0.25, 0.3) is 0 Å². The molecule has 1 aromatic carbocycles. The molecule has 4 fully saturated rings. The van der Waals surface area contributed by atoms with Crippen LogP contribution in [0.4, 0.5) is 5.69 Å². The number of hydrogen-bond acceptors (Lipinski definition) is 8. The van der Waals surface area contributed by atoms with E-state index in [-0.39, 0.29) is 41.4 Å². The number of aliphatic hydroxyl groups is 1. The number of morpholine rings is 1. The molecule has 4 aliphatic rings. The van der Waals surface area contributed by atoms with Crippen molar-refractivity contribution in [2.45, 2.75) is 62.6 Å². The Balaban J connectivity index is 1.42. The molecule has 4 saturated heterocycles. The van der Waals surface area contributed by atoms with Crippen molar-refractivity contribution in [3.8, 4) is 5.75 Å². The summed E-state index contributed by atoms with van der Waals surface area (Å²) in [7, 11) is 0. The van der Waals surface area contributed by atoms with Gasteiger partial charge in [-0.1, -0.05) is 27.2 Å². The Labute approximate surface area is 253 Å². The summed E-state index contributed by atoms with van der Waals surface area (Å²) in [6, 6.07) is 5.99. The number of aliphatic hydroxyl groups excluding tert-OH is 1. The highest BCUT2D eigenvalue weighted by atomic mass is 32.2. The second-order valence-corrected chi connectivity index (χ2v) is 13.7.